The Balaban J connectivity index is 1.75. The molecule has 0 aliphatic carbocycles. The molecule has 1 aliphatic rings. The summed E-state index contributed by atoms with van der Waals surface area (Å²) in [6.45, 7) is 2.83. The van der Waals surface area contributed by atoms with Crippen molar-refractivity contribution in [3.05, 3.63) is 54.1 Å². The molecule has 2 aromatic carbocycles. The number of carbonyl (C=O) groups excluding carboxylic acids is 1. The van der Waals surface area contributed by atoms with E-state index in [1.807, 2.05) is 13.0 Å². The van der Waals surface area contributed by atoms with Gasteiger partial charge in [0.15, 0.2) is 0 Å². The fourth-order valence-corrected chi connectivity index (χ4v) is 4.56. The van der Waals surface area contributed by atoms with Gasteiger partial charge >= 0.3 is 0 Å². The average Bonchev–Trinajstić information content (AvgIpc) is 2.63. The molecule has 0 atom stereocenters. The van der Waals surface area contributed by atoms with Crippen molar-refractivity contribution in [2.24, 2.45) is 0 Å². The SMILES string of the molecule is CCOc1ccccc1C(=O)Nc1ccc(N2CCCCS2(=O)=O)cc1. The van der Waals surface area contributed by atoms with Crippen LogP contribution in [0, 0.1) is 0 Å². The van der Waals surface area contributed by atoms with E-state index in [2.05, 4.69) is 5.32 Å². The van der Waals surface area contributed by atoms with Crippen LogP contribution in [0.15, 0.2) is 48.5 Å². The molecule has 1 N–H and O–H groups in total. The number of nitrogens with zero attached hydrogens (tertiary/aromatic N) is 1. The number of anilines is 2. The standard InChI is InChI=1S/C19H22N2O4S/c1-2-25-18-8-4-3-7-17(18)19(22)20-15-9-11-16(12-10-15)21-13-5-6-14-26(21,23)24/h3-4,7-12H,2,5-6,13-14H2,1H3,(H,20,22). The summed E-state index contributed by atoms with van der Waals surface area (Å²) in [7, 11) is -3.24. The van der Waals surface area contributed by atoms with Gasteiger partial charge in [-0.15, -0.1) is 0 Å². The highest BCUT2D eigenvalue weighted by Crippen LogP contribution is 2.25. The van der Waals surface area contributed by atoms with Crippen LogP contribution in [0.4, 0.5) is 11.4 Å². The number of para-hydroxylation sites is 1. The maximum absolute atomic E-state index is 12.5. The first-order valence-corrected chi connectivity index (χ1v) is 10.3. The Kier molecular flexibility index (Phi) is 5.46. The van der Waals surface area contributed by atoms with Gasteiger partial charge in [-0.05, 0) is 56.2 Å². The molecular weight excluding hydrogens is 352 g/mol. The number of hydrogen-bond donors (Lipinski definition) is 1. The van der Waals surface area contributed by atoms with Crippen molar-refractivity contribution < 1.29 is 17.9 Å². The summed E-state index contributed by atoms with van der Waals surface area (Å²) in [5, 5.41) is 2.82. The topological polar surface area (TPSA) is 75.7 Å². The average molecular weight is 374 g/mol. The number of sulfonamides is 1. The molecule has 1 saturated heterocycles. The Bertz CT molecular complexity index is 879. The van der Waals surface area contributed by atoms with Gasteiger partial charge < -0.3 is 10.1 Å². The van der Waals surface area contributed by atoms with Crippen molar-refractivity contribution in [3.63, 3.8) is 0 Å². The van der Waals surface area contributed by atoms with Crippen LogP contribution in [-0.2, 0) is 10.0 Å². The van der Waals surface area contributed by atoms with Crippen molar-refractivity contribution in [1.29, 1.82) is 0 Å². The van der Waals surface area contributed by atoms with Gasteiger partial charge in [0.1, 0.15) is 5.75 Å². The summed E-state index contributed by atoms with van der Waals surface area (Å²) in [6.07, 6.45) is 1.55. The molecule has 26 heavy (non-hydrogen) atoms. The minimum absolute atomic E-state index is 0.180. The van der Waals surface area contributed by atoms with E-state index in [1.54, 1.807) is 42.5 Å². The lowest BCUT2D eigenvalue weighted by Gasteiger charge is -2.28. The summed E-state index contributed by atoms with van der Waals surface area (Å²) in [5.41, 5.74) is 1.67. The number of amides is 1. The van der Waals surface area contributed by atoms with Crippen LogP contribution in [0.2, 0.25) is 0 Å². The predicted octanol–water partition coefficient (Wildman–Crippen LogP) is 3.27. The third-order valence-electron chi connectivity index (χ3n) is 4.19. The molecule has 3 rings (SSSR count). The maximum Gasteiger partial charge on any atom is 0.259 e. The van der Waals surface area contributed by atoms with Crippen molar-refractivity contribution in [2.45, 2.75) is 19.8 Å². The molecule has 1 aliphatic heterocycles. The van der Waals surface area contributed by atoms with Crippen LogP contribution < -0.4 is 14.4 Å². The minimum Gasteiger partial charge on any atom is -0.493 e. The van der Waals surface area contributed by atoms with E-state index in [-0.39, 0.29) is 11.7 Å². The van der Waals surface area contributed by atoms with E-state index in [1.165, 1.54) is 4.31 Å². The van der Waals surface area contributed by atoms with E-state index < -0.39 is 10.0 Å². The Hall–Kier alpha value is -2.54. The third-order valence-corrected chi connectivity index (χ3v) is 6.06. The van der Waals surface area contributed by atoms with Gasteiger partial charge in [-0.1, -0.05) is 12.1 Å². The summed E-state index contributed by atoms with van der Waals surface area (Å²) in [4.78, 5) is 12.5. The molecule has 7 heteroatoms. The van der Waals surface area contributed by atoms with E-state index in [0.29, 0.717) is 42.3 Å². The summed E-state index contributed by atoms with van der Waals surface area (Å²) < 4.78 is 31.3. The van der Waals surface area contributed by atoms with Crippen molar-refractivity contribution in [3.8, 4) is 5.75 Å². The number of rotatable bonds is 5. The maximum atomic E-state index is 12.5. The first-order chi connectivity index (χ1) is 12.5. The van der Waals surface area contributed by atoms with Crippen LogP contribution in [0.1, 0.15) is 30.1 Å². The quantitative estimate of drug-likeness (QED) is 0.871. The van der Waals surface area contributed by atoms with Gasteiger partial charge in [-0.25, -0.2) is 8.42 Å². The molecule has 138 valence electrons. The summed E-state index contributed by atoms with van der Waals surface area (Å²) in [5.74, 6) is 0.440. The van der Waals surface area contributed by atoms with Gasteiger partial charge in [0.25, 0.3) is 5.91 Å². The van der Waals surface area contributed by atoms with Gasteiger partial charge in [-0.2, -0.15) is 0 Å². The lowest BCUT2D eigenvalue weighted by molar-refractivity contribution is 0.102. The molecule has 0 spiro atoms. The Morgan fingerprint density at radius 3 is 2.54 bits per heavy atom. The Morgan fingerprint density at radius 1 is 1.12 bits per heavy atom. The zero-order valence-corrected chi connectivity index (χ0v) is 15.5. The van der Waals surface area contributed by atoms with Gasteiger partial charge in [-0.3, -0.25) is 9.10 Å². The lowest BCUT2D eigenvalue weighted by Crippen LogP contribution is -2.37. The minimum atomic E-state index is -3.24. The smallest absolute Gasteiger partial charge is 0.259 e. The Morgan fingerprint density at radius 2 is 1.85 bits per heavy atom. The molecule has 1 amide bonds. The lowest BCUT2D eigenvalue weighted by atomic mass is 10.2. The molecule has 0 saturated carbocycles. The van der Waals surface area contributed by atoms with Crippen molar-refractivity contribution in [2.75, 3.05) is 28.5 Å². The van der Waals surface area contributed by atoms with Crippen LogP contribution in [0.25, 0.3) is 0 Å². The molecule has 0 radical (unpaired) electrons. The van der Waals surface area contributed by atoms with Gasteiger partial charge in [0.2, 0.25) is 10.0 Å². The van der Waals surface area contributed by atoms with Crippen LogP contribution in [-0.4, -0.2) is 33.2 Å². The monoisotopic (exact) mass is 374 g/mol. The van der Waals surface area contributed by atoms with Crippen LogP contribution in [0.3, 0.4) is 0 Å². The number of benzene rings is 2. The number of hydrogen-bond acceptors (Lipinski definition) is 4. The molecule has 0 bridgehead atoms. The van der Waals surface area contributed by atoms with Crippen molar-refractivity contribution in [1.82, 2.24) is 0 Å². The molecule has 1 heterocycles. The van der Waals surface area contributed by atoms with E-state index in [9.17, 15) is 13.2 Å². The second-order valence-electron chi connectivity index (χ2n) is 6.03. The van der Waals surface area contributed by atoms with Gasteiger partial charge in [0.05, 0.1) is 23.6 Å². The highest BCUT2D eigenvalue weighted by molar-refractivity contribution is 7.92. The summed E-state index contributed by atoms with van der Waals surface area (Å²) in [6, 6.07) is 13.9. The second kappa shape index (κ2) is 7.78. The molecule has 0 unspecified atom stereocenters. The zero-order chi connectivity index (χ0) is 18.6. The van der Waals surface area contributed by atoms with E-state index in [0.717, 1.165) is 6.42 Å². The van der Waals surface area contributed by atoms with Crippen LogP contribution >= 0.6 is 0 Å². The fraction of sp³-hybridized carbons (Fsp3) is 0.316. The molecule has 1 fully saturated rings. The largest absolute Gasteiger partial charge is 0.493 e. The highest BCUT2D eigenvalue weighted by atomic mass is 32.2. The normalized spacial score (nSPS) is 16.1. The van der Waals surface area contributed by atoms with Gasteiger partial charge in [0, 0.05) is 12.2 Å². The molecular formula is C19H22N2O4S. The number of ether oxygens (including phenoxy) is 1. The third kappa shape index (κ3) is 3.99. The number of nitrogens with one attached hydrogen (secondary N) is 1. The first kappa shape index (κ1) is 18.3. The van der Waals surface area contributed by atoms with Crippen molar-refractivity contribution >= 4 is 27.3 Å². The second-order valence-corrected chi connectivity index (χ2v) is 8.04. The fourth-order valence-electron chi connectivity index (χ4n) is 2.92. The molecule has 0 aromatic heterocycles. The Labute approximate surface area is 153 Å². The highest BCUT2D eigenvalue weighted by Gasteiger charge is 2.25. The predicted molar refractivity (Wildman–Crippen MR) is 102 cm³/mol. The number of carbonyl (C=O) groups is 1. The molecule has 2 aromatic rings. The first-order valence-electron chi connectivity index (χ1n) is 8.65. The zero-order valence-electron chi connectivity index (χ0n) is 14.6. The molecule has 6 nitrogen and oxygen atoms in total. The summed E-state index contributed by atoms with van der Waals surface area (Å²) >= 11 is 0. The van der Waals surface area contributed by atoms with Crippen LogP contribution in [0.5, 0.6) is 5.75 Å². The van der Waals surface area contributed by atoms with E-state index in [4.69, 9.17) is 4.74 Å². The van der Waals surface area contributed by atoms with E-state index >= 15 is 0 Å².